The van der Waals surface area contributed by atoms with Gasteiger partial charge in [0, 0.05) is 6.20 Å². The monoisotopic (exact) mass is 527 g/mol. The number of aromatic amines is 1. The molecule has 2 fully saturated rings. The normalized spacial score (nSPS) is 27.8. The third kappa shape index (κ3) is 2.82. The summed E-state index contributed by atoms with van der Waals surface area (Å²) in [5.41, 5.74) is 1.18. The highest BCUT2D eigenvalue weighted by atomic mass is 19.4. The van der Waals surface area contributed by atoms with Gasteiger partial charge in [-0.05, 0) is 53.9 Å². The van der Waals surface area contributed by atoms with Crippen LogP contribution in [0.3, 0.4) is 0 Å². The molecular formula is C25H18F5N7O. The first-order valence-corrected chi connectivity index (χ1v) is 11.9. The van der Waals surface area contributed by atoms with Crippen molar-refractivity contribution in [3.05, 3.63) is 71.1 Å². The molecule has 0 radical (unpaired) electrons. The van der Waals surface area contributed by atoms with Gasteiger partial charge in [-0.25, -0.2) is 18.7 Å². The lowest BCUT2D eigenvalue weighted by molar-refractivity contribution is -0.209. The van der Waals surface area contributed by atoms with Gasteiger partial charge in [0.15, 0.2) is 5.82 Å². The molecule has 5 atom stereocenters. The number of halogens is 5. The van der Waals surface area contributed by atoms with Crippen LogP contribution in [0.25, 0.3) is 22.8 Å². The standard InChI is InChI=1S/C25H18F5N7O/c1-23-6-11-10-5-15(18-13(26)3-2-4-14(18)27)34-35-19(10)24(23,7-12(11)23)17-9-31-8-16(32-17)21-33-22(37-36-21)20(38)25(28,29)30/h2-5,8-9,11-12,20,38H,6-7H2,1H3,(H,33,36,37)/t11-,12?,20-,23?,24+/m1/s1. The van der Waals surface area contributed by atoms with Crippen molar-refractivity contribution in [2.45, 2.75) is 43.4 Å². The average molecular weight is 527 g/mol. The second kappa shape index (κ2) is 7.37. The molecule has 3 aliphatic rings. The molecule has 3 heterocycles. The predicted octanol–water partition coefficient (Wildman–Crippen LogP) is 4.41. The van der Waals surface area contributed by atoms with E-state index >= 15 is 0 Å². The number of aromatic nitrogens is 7. The van der Waals surface area contributed by atoms with Crippen LogP contribution in [0.4, 0.5) is 22.0 Å². The highest BCUT2D eigenvalue weighted by molar-refractivity contribution is 5.65. The molecule has 4 aromatic rings. The maximum absolute atomic E-state index is 14.5. The van der Waals surface area contributed by atoms with E-state index in [0.29, 0.717) is 23.7 Å². The third-order valence-corrected chi connectivity index (χ3v) is 8.67. The van der Waals surface area contributed by atoms with E-state index in [4.69, 9.17) is 0 Å². The summed E-state index contributed by atoms with van der Waals surface area (Å²) >= 11 is 0. The van der Waals surface area contributed by atoms with Crippen LogP contribution in [-0.4, -0.2) is 46.6 Å². The second-order valence-corrected chi connectivity index (χ2v) is 10.4. The second-order valence-electron chi connectivity index (χ2n) is 10.4. The van der Waals surface area contributed by atoms with Gasteiger partial charge in [-0.3, -0.25) is 10.1 Å². The minimum Gasteiger partial charge on any atom is -0.377 e. The van der Waals surface area contributed by atoms with Gasteiger partial charge in [-0.15, -0.1) is 5.10 Å². The Hall–Kier alpha value is -3.87. The van der Waals surface area contributed by atoms with E-state index in [-0.39, 0.29) is 34.1 Å². The number of nitrogens with one attached hydrogen (secondary N) is 1. The number of hydrogen-bond acceptors (Lipinski definition) is 7. The fourth-order valence-electron chi connectivity index (χ4n) is 6.77. The van der Waals surface area contributed by atoms with Crippen LogP contribution in [0.5, 0.6) is 0 Å². The van der Waals surface area contributed by atoms with Gasteiger partial charge in [0.05, 0.1) is 34.3 Å². The Labute approximate surface area is 211 Å². The zero-order valence-electron chi connectivity index (χ0n) is 19.6. The van der Waals surface area contributed by atoms with E-state index in [9.17, 15) is 27.1 Å². The summed E-state index contributed by atoms with van der Waals surface area (Å²) in [6, 6.07) is 5.32. The van der Waals surface area contributed by atoms with E-state index in [1.54, 1.807) is 12.3 Å². The molecule has 38 heavy (non-hydrogen) atoms. The maximum atomic E-state index is 14.5. The highest BCUT2D eigenvalue weighted by Gasteiger charge is 2.77. The first-order chi connectivity index (χ1) is 18.0. The first kappa shape index (κ1) is 23.3. The molecule has 2 saturated carbocycles. The van der Waals surface area contributed by atoms with Crippen molar-refractivity contribution in [3.8, 4) is 22.8 Å². The average Bonchev–Trinajstić information content (AvgIpc) is 3.37. The molecule has 1 aromatic carbocycles. The van der Waals surface area contributed by atoms with Crippen LogP contribution in [0, 0.1) is 23.0 Å². The van der Waals surface area contributed by atoms with Crippen LogP contribution in [0.1, 0.15) is 54.6 Å². The highest BCUT2D eigenvalue weighted by Crippen LogP contribution is 2.81. The summed E-state index contributed by atoms with van der Waals surface area (Å²) < 4.78 is 67.6. The van der Waals surface area contributed by atoms with Crippen molar-refractivity contribution in [2.24, 2.45) is 11.3 Å². The number of hydrogen-bond donors (Lipinski definition) is 2. The Bertz CT molecular complexity index is 1600. The van der Waals surface area contributed by atoms with Crippen molar-refractivity contribution >= 4 is 0 Å². The fraction of sp³-hybridized carbons (Fsp3) is 0.360. The molecule has 13 heteroatoms. The summed E-state index contributed by atoms with van der Waals surface area (Å²) in [6.07, 6.45) is -3.29. The van der Waals surface area contributed by atoms with Crippen LogP contribution in [0.2, 0.25) is 0 Å². The molecule has 0 amide bonds. The number of nitrogens with zero attached hydrogens (tertiary/aromatic N) is 6. The summed E-state index contributed by atoms with van der Waals surface area (Å²) in [5, 5.41) is 24.1. The van der Waals surface area contributed by atoms with Gasteiger partial charge in [-0.2, -0.15) is 23.4 Å². The molecule has 2 N–H and O–H groups in total. The van der Waals surface area contributed by atoms with E-state index < -0.39 is 35.2 Å². The Balaban J connectivity index is 1.32. The van der Waals surface area contributed by atoms with Crippen molar-refractivity contribution in [2.75, 3.05) is 0 Å². The quantitative estimate of drug-likeness (QED) is 0.378. The van der Waals surface area contributed by atoms with Crippen LogP contribution < -0.4 is 0 Å². The minimum absolute atomic E-state index is 0.112. The number of aliphatic hydroxyl groups is 1. The summed E-state index contributed by atoms with van der Waals surface area (Å²) in [4.78, 5) is 12.7. The van der Waals surface area contributed by atoms with Gasteiger partial charge in [0.2, 0.25) is 11.9 Å². The Kier molecular flexibility index (Phi) is 4.51. The molecule has 0 saturated heterocycles. The van der Waals surface area contributed by atoms with E-state index in [2.05, 4.69) is 42.3 Å². The van der Waals surface area contributed by atoms with Crippen LogP contribution in [0.15, 0.2) is 36.7 Å². The summed E-state index contributed by atoms with van der Waals surface area (Å²) in [5.74, 6) is -1.87. The largest absolute Gasteiger partial charge is 0.421 e. The van der Waals surface area contributed by atoms with Gasteiger partial charge in [0.1, 0.15) is 17.3 Å². The molecule has 4 bridgehead atoms. The van der Waals surface area contributed by atoms with Crippen molar-refractivity contribution < 1.29 is 27.1 Å². The zero-order valence-corrected chi connectivity index (χ0v) is 19.6. The zero-order chi connectivity index (χ0) is 26.6. The number of fused-ring (bicyclic) bond motifs is 3. The summed E-state index contributed by atoms with van der Waals surface area (Å²) in [7, 11) is 0. The number of aliphatic hydroxyl groups excluding tert-OH is 1. The molecule has 8 nitrogen and oxygen atoms in total. The molecule has 2 unspecified atom stereocenters. The lowest BCUT2D eigenvalue weighted by Gasteiger charge is -2.76. The number of H-pyrrole nitrogens is 1. The molecule has 0 spiro atoms. The molecule has 0 aliphatic heterocycles. The molecule has 7 rings (SSSR count). The van der Waals surface area contributed by atoms with Crippen LogP contribution >= 0.6 is 0 Å². The lowest BCUT2D eigenvalue weighted by Crippen LogP contribution is -2.73. The molecule has 3 aliphatic carbocycles. The Morgan fingerprint density at radius 2 is 1.82 bits per heavy atom. The Morgan fingerprint density at radius 3 is 2.50 bits per heavy atom. The third-order valence-electron chi connectivity index (χ3n) is 8.67. The predicted molar refractivity (Wildman–Crippen MR) is 120 cm³/mol. The van der Waals surface area contributed by atoms with Gasteiger partial charge < -0.3 is 5.11 Å². The van der Waals surface area contributed by atoms with Crippen LogP contribution in [-0.2, 0) is 5.41 Å². The Morgan fingerprint density at radius 1 is 1.05 bits per heavy atom. The first-order valence-electron chi connectivity index (χ1n) is 11.9. The number of alkyl halides is 3. The number of benzene rings is 1. The smallest absolute Gasteiger partial charge is 0.377 e. The SMILES string of the molecule is CC12C[C@@H]3c4cc(-c5c(F)cccc5F)nnc4[C@@]1(c1cncc(-c4n[nH]c([C@@H](O)C(F)(F)F)n4)n1)CC32. The molecule has 194 valence electrons. The molecular weight excluding hydrogens is 509 g/mol. The minimum atomic E-state index is -4.91. The van der Waals surface area contributed by atoms with E-state index in [1.807, 2.05) is 0 Å². The van der Waals surface area contributed by atoms with Crippen molar-refractivity contribution in [1.82, 2.24) is 35.3 Å². The van der Waals surface area contributed by atoms with Crippen molar-refractivity contribution in [3.63, 3.8) is 0 Å². The fourth-order valence-corrected chi connectivity index (χ4v) is 6.77. The lowest BCUT2D eigenvalue weighted by atomic mass is 9.26. The van der Waals surface area contributed by atoms with Gasteiger partial charge in [0.25, 0.3) is 0 Å². The summed E-state index contributed by atoms with van der Waals surface area (Å²) in [6.45, 7) is 2.13. The molecule has 3 aromatic heterocycles. The van der Waals surface area contributed by atoms with Gasteiger partial charge >= 0.3 is 6.18 Å². The number of rotatable bonds is 4. The maximum Gasteiger partial charge on any atom is 0.421 e. The van der Waals surface area contributed by atoms with E-state index in [1.165, 1.54) is 24.4 Å². The van der Waals surface area contributed by atoms with E-state index in [0.717, 1.165) is 12.0 Å². The van der Waals surface area contributed by atoms with Gasteiger partial charge in [-0.1, -0.05) is 13.0 Å². The topological polar surface area (TPSA) is 113 Å². The van der Waals surface area contributed by atoms with Crippen molar-refractivity contribution in [1.29, 1.82) is 0 Å².